The van der Waals surface area contributed by atoms with Gasteiger partial charge in [0.2, 0.25) is 0 Å². The second-order valence-corrected chi connectivity index (χ2v) is 4.30. The smallest absolute Gasteiger partial charge is 0.307 e. The molecule has 0 radical (unpaired) electrons. The molecule has 1 amide bonds. The monoisotopic (exact) mass is 285 g/mol. The molecule has 0 atom stereocenters. The number of ketones is 1. The van der Waals surface area contributed by atoms with Crippen molar-refractivity contribution in [3.05, 3.63) is 28.5 Å². The quantitative estimate of drug-likeness (QED) is 0.625. The molecule has 1 aromatic carbocycles. The lowest BCUT2D eigenvalue weighted by molar-refractivity contribution is -0.140. The number of hydrogen-bond donors (Lipinski definition) is 0. The van der Waals surface area contributed by atoms with Crippen molar-refractivity contribution >= 4 is 34.9 Å². The number of benzene rings is 1. The van der Waals surface area contributed by atoms with E-state index in [1.54, 1.807) is 0 Å². The van der Waals surface area contributed by atoms with E-state index in [4.69, 9.17) is 11.6 Å². The van der Waals surface area contributed by atoms with Crippen LogP contribution in [0.5, 0.6) is 0 Å². The zero-order valence-corrected chi connectivity index (χ0v) is 10.7. The van der Waals surface area contributed by atoms with Gasteiger partial charge in [0.05, 0.1) is 29.8 Å². The minimum Gasteiger partial charge on any atom is -0.469 e. The van der Waals surface area contributed by atoms with Crippen molar-refractivity contribution in [1.82, 2.24) is 0 Å². The number of methoxy groups -OCH3 is 1. The van der Waals surface area contributed by atoms with E-state index in [0.29, 0.717) is 0 Å². The first-order chi connectivity index (χ1) is 8.95. The van der Waals surface area contributed by atoms with Crippen molar-refractivity contribution in [2.75, 3.05) is 18.6 Å². The Hall–Kier alpha value is -1.95. The van der Waals surface area contributed by atoms with Gasteiger partial charge in [-0.3, -0.25) is 14.4 Å². The Morgan fingerprint density at radius 2 is 2.11 bits per heavy atom. The zero-order chi connectivity index (χ0) is 14.2. The Labute approximate surface area is 112 Å². The Morgan fingerprint density at radius 1 is 1.42 bits per heavy atom. The van der Waals surface area contributed by atoms with Crippen LogP contribution < -0.4 is 4.90 Å². The molecular weight excluding hydrogens is 277 g/mol. The summed E-state index contributed by atoms with van der Waals surface area (Å²) in [7, 11) is 1.21. The first kappa shape index (κ1) is 13.5. The summed E-state index contributed by atoms with van der Waals surface area (Å²) in [5.41, 5.74) is 0.169. The Balaban J connectivity index is 2.33. The van der Waals surface area contributed by atoms with Gasteiger partial charge in [-0.1, -0.05) is 11.6 Å². The largest absolute Gasteiger partial charge is 0.469 e. The van der Waals surface area contributed by atoms with Crippen LogP contribution in [-0.4, -0.2) is 31.3 Å². The highest BCUT2D eigenvalue weighted by Crippen LogP contribution is 2.33. The molecule has 0 bridgehead atoms. The molecule has 1 aliphatic heterocycles. The van der Waals surface area contributed by atoms with Gasteiger partial charge in [0.1, 0.15) is 5.82 Å². The van der Waals surface area contributed by atoms with Crippen LogP contribution in [0, 0.1) is 5.82 Å². The summed E-state index contributed by atoms with van der Waals surface area (Å²) in [5.74, 6) is -2.82. The molecule has 100 valence electrons. The predicted octanol–water partition coefficient (Wildman–Crippen LogP) is 1.57. The number of halogens is 2. The molecule has 1 aliphatic rings. The molecule has 5 nitrogen and oxygen atoms in total. The topological polar surface area (TPSA) is 63.7 Å². The normalized spacial score (nSPS) is 13.7. The number of carbonyl (C=O) groups is 3. The molecule has 1 aromatic rings. The van der Waals surface area contributed by atoms with Crippen molar-refractivity contribution in [2.45, 2.75) is 6.42 Å². The van der Waals surface area contributed by atoms with Gasteiger partial charge < -0.3 is 9.64 Å². The summed E-state index contributed by atoms with van der Waals surface area (Å²) in [6, 6.07) is 2.13. The van der Waals surface area contributed by atoms with Crippen LogP contribution in [0.25, 0.3) is 0 Å². The van der Waals surface area contributed by atoms with Crippen LogP contribution >= 0.6 is 11.6 Å². The lowest BCUT2D eigenvalue weighted by atomic mass is 10.1. The molecule has 7 heteroatoms. The molecule has 2 rings (SSSR count). The first-order valence-electron chi connectivity index (χ1n) is 5.37. The molecule has 0 saturated carbocycles. The maximum atomic E-state index is 13.4. The summed E-state index contributed by atoms with van der Waals surface area (Å²) >= 11 is 5.57. The van der Waals surface area contributed by atoms with Gasteiger partial charge in [-0.2, -0.15) is 0 Å². The molecule has 0 aliphatic carbocycles. The summed E-state index contributed by atoms with van der Waals surface area (Å²) in [6.45, 7) is -0.0503. The van der Waals surface area contributed by atoms with Crippen LogP contribution in [0.3, 0.4) is 0 Å². The third kappa shape index (κ3) is 2.31. The van der Waals surface area contributed by atoms with E-state index in [9.17, 15) is 18.8 Å². The summed E-state index contributed by atoms with van der Waals surface area (Å²) in [4.78, 5) is 35.5. The SMILES string of the molecule is COC(=O)CCN1C(=O)C(=O)c2cc(Cl)c(F)cc21. The summed E-state index contributed by atoms with van der Waals surface area (Å²) in [5, 5.41) is -0.227. The zero-order valence-electron chi connectivity index (χ0n) is 9.91. The fraction of sp³-hybridized carbons (Fsp3) is 0.250. The minimum atomic E-state index is -0.805. The average Bonchev–Trinajstić information content (AvgIpc) is 2.61. The molecule has 0 N–H and O–H groups in total. The van der Waals surface area contributed by atoms with Gasteiger partial charge in [-0.15, -0.1) is 0 Å². The number of hydrogen-bond acceptors (Lipinski definition) is 4. The third-order valence-electron chi connectivity index (χ3n) is 2.78. The molecular formula is C12H9ClFNO4. The number of fused-ring (bicyclic) bond motifs is 1. The van der Waals surface area contributed by atoms with E-state index in [2.05, 4.69) is 4.74 Å². The van der Waals surface area contributed by atoms with Gasteiger partial charge in [-0.05, 0) is 12.1 Å². The number of Topliss-reactive ketones (excluding diaryl/α,β-unsaturated/α-hetero) is 1. The van der Waals surface area contributed by atoms with E-state index < -0.39 is 23.5 Å². The van der Waals surface area contributed by atoms with Gasteiger partial charge in [0.15, 0.2) is 0 Å². The van der Waals surface area contributed by atoms with Gasteiger partial charge in [-0.25, -0.2) is 4.39 Å². The second-order valence-electron chi connectivity index (χ2n) is 3.90. The number of rotatable bonds is 3. The molecule has 0 unspecified atom stereocenters. The number of amides is 1. The fourth-order valence-electron chi connectivity index (χ4n) is 1.82. The minimum absolute atomic E-state index is 0.0428. The Bertz CT molecular complexity index is 587. The third-order valence-corrected chi connectivity index (χ3v) is 3.07. The maximum Gasteiger partial charge on any atom is 0.307 e. The fourth-order valence-corrected chi connectivity index (χ4v) is 1.98. The van der Waals surface area contributed by atoms with E-state index >= 15 is 0 Å². The van der Waals surface area contributed by atoms with Gasteiger partial charge in [0.25, 0.3) is 11.7 Å². The predicted molar refractivity (Wildman–Crippen MR) is 64.7 cm³/mol. The Kier molecular flexibility index (Phi) is 3.53. The second kappa shape index (κ2) is 4.97. The lowest BCUT2D eigenvalue weighted by Gasteiger charge is -2.15. The van der Waals surface area contributed by atoms with Crippen molar-refractivity contribution < 1.29 is 23.5 Å². The van der Waals surface area contributed by atoms with Crippen molar-refractivity contribution in [2.24, 2.45) is 0 Å². The molecule has 0 spiro atoms. The Morgan fingerprint density at radius 3 is 2.74 bits per heavy atom. The summed E-state index contributed by atoms with van der Waals surface area (Å²) < 4.78 is 17.8. The van der Waals surface area contributed by atoms with Crippen molar-refractivity contribution in [3.63, 3.8) is 0 Å². The molecule has 0 aromatic heterocycles. The van der Waals surface area contributed by atoms with Crippen LogP contribution in [0.15, 0.2) is 12.1 Å². The lowest BCUT2D eigenvalue weighted by Crippen LogP contribution is -2.32. The first-order valence-corrected chi connectivity index (χ1v) is 5.75. The van der Waals surface area contributed by atoms with E-state index in [1.807, 2.05) is 0 Å². The highest BCUT2D eigenvalue weighted by Gasteiger charge is 2.36. The van der Waals surface area contributed by atoms with Crippen molar-refractivity contribution in [1.29, 1.82) is 0 Å². The van der Waals surface area contributed by atoms with Crippen molar-refractivity contribution in [3.8, 4) is 0 Å². The number of carbonyl (C=O) groups excluding carboxylic acids is 3. The van der Waals surface area contributed by atoms with Crippen LogP contribution in [0.1, 0.15) is 16.8 Å². The maximum absolute atomic E-state index is 13.4. The van der Waals surface area contributed by atoms with Gasteiger partial charge >= 0.3 is 5.97 Å². The summed E-state index contributed by atoms with van der Waals surface area (Å²) in [6.07, 6.45) is -0.0841. The molecule has 19 heavy (non-hydrogen) atoms. The number of anilines is 1. The van der Waals surface area contributed by atoms with Crippen LogP contribution in [-0.2, 0) is 14.3 Å². The van der Waals surface area contributed by atoms with Crippen LogP contribution in [0.2, 0.25) is 5.02 Å². The molecule has 0 fully saturated rings. The van der Waals surface area contributed by atoms with Gasteiger partial charge in [0, 0.05) is 6.54 Å². The average molecular weight is 286 g/mol. The van der Waals surface area contributed by atoms with Crippen LogP contribution in [0.4, 0.5) is 10.1 Å². The molecule has 1 heterocycles. The highest BCUT2D eigenvalue weighted by molar-refractivity contribution is 6.52. The molecule has 0 saturated heterocycles. The number of ether oxygens (including phenoxy) is 1. The van der Waals surface area contributed by atoms with E-state index in [1.165, 1.54) is 7.11 Å². The number of nitrogens with zero attached hydrogens (tertiary/aromatic N) is 1. The number of esters is 1. The standard InChI is InChI=1S/C12H9ClFNO4/c1-19-10(16)2-3-15-9-5-8(14)7(13)4-6(9)11(17)12(15)18/h4-5H,2-3H2,1H3. The van der Waals surface area contributed by atoms with E-state index in [-0.39, 0.29) is 29.2 Å². The van der Waals surface area contributed by atoms with E-state index in [0.717, 1.165) is 17.0 Å². The highest BCUT2D eigenvalue weighted by atomic mass is 35.5.